The van der Waals surface area contributed by atoms with Crippen LogP contribution in [0.25, 0.3) is 11.5 Å². The first-order valence-electron chi connectivity index (χ1n) is 9.15. The highest BCUT2D eigenvalue weighted by atomic mass is 35.5. The molecule has 1 aliphatic rings. The fourth-order valence-corrected chi connectivity index (χ4v) is 3.77. The molecule has 7 nitrogen and oxygen atoms in total. The van der Waals surface area contributed by atoms with Gasteiger partial charge in [-0.2, -0.15) is 4.98 Å². The molecule has 140 valence electrons. The number of halogens is 1. The molecule has 0 aromatic carbocycles. The van der Waals surface area contributed by atoms with Gasteiger partial charge in [-0.1, -0.05) is 48.9 Å². The molecule has 1 saturated carbocycles. The Morgan fingerprint density at radius 1 is 1.23 bits per heavy atom. The second kappa shape index (κ2) is 9.07. The highest BCUT2D eigenvalue weighted by Crippen LogP contribution is 2.38. The third-order valence-corrected chi connectivity index (χ3v) is 5.09. The minimum absolute atomic E-state index is 0.268. The van der Waals surface area contributed by atoms with Crippen molar-refractivity contribution in [2.24, 2.45) is 5.92 Å². The number of carboxylic acid groups (broad SMARTS) is 1. The zero-order valence-corrected chi connectivity index (χ0v) is 15.4. The predicted molar refractivity (Wildman–Crippen MR) is 95.8 cm³/mol. The molecule has 0 bridgehead atoms. The van der Waals surface area contributed by atoms with Gasteiger partial charge in [0.2, 0.25) is 11.7 Å². The topological polar surface area (TPSA) is 102 Å². The molecular formula is C18H23ClN4O3. The first kappa shape index (κ1) is 18.8. The molecule has 1 aliphatic carbocycles. The second-order valence-corrected chi connectivity index (χ2v) is 7.29. The van der Waals surface area contributed by atoms with Crippen molar-refractivity contribution in [2.45, 2.75) is 63.7 Å². The summed E-state index contributed by atoms with van der Waals surface area (Å²) in [6, 6.07) is 0. The van der Waals surface area contributed by atoms with Gasteiger partial charge in [0.25, 0.3) is 0 Å². The van der Waals surface area contributed by atoms with Crippen LogP contribution in [0.3, 0.4) is 0 Å². The Morgan fingerprint density at radius 2 is 2.12 bits per heavy atom. The molecule has 2 atom stereocenters. The summed E-state index contributed by atoms with van der Waals surface area (Å²) in [5.41, 5.74) is 0.512. The third kappa shape index (κ3) is 5.24. The van der Waals surface area contributed by atoms with Gasteiger partial charge >= 0.3 is 5.97 Å². The summed E-state index contributed by atoms with van der Waals surface area (Å²) in [5, 5.41) is 13.0. The summed E-state index contributed by atoms with van der Waals surface area (Å²) < 4.78 is 5.48. The van der Waals surface area contributed by atoms with Gasteiger partial charge in [-0.3, -0.25) is 9.78 Å². The number of aliphatic carboxylic acids is 1. The molecular weight excluding hydrogens is 356 g/mol. The molecule has 2 aromatic heterocycles. The van der Waals surface area contributed by atoms with Gasteiger partial charge in [0.15, 0.2) is 0 Å². The van der Waals surface area contributed by atoms with Gasteiger partial charge in [0.05, 0.1) is 12.4 Å². The monoisotopic (exact) mass is 378 g/mol. The normalized spacial score (nSPS) is 20.2. The fourth-order valence-electron chi connectivity index (χ4n) is 3.62. The maximum atomic E-state index is 10.5. The van der Waals surface area contributed by atoms with Crippen LogP contribution in [0.4, 0.5) is 0 Å². The van der Waals surface area contributed by atoms with Crippen LogP contribution in [0, 0.1) is 5.92 Å². The van der Waals surface area contributed by atoms with Crippen molar-refractivity contribution in [3.63, 3.8) is 0 Å². The van der Waals surface area contributed by atoms with E-state index in [1.54, 1.807) is 6.20 Å². The zero-order valence-electron chi connectivity index (χ0n) is 14.6. The van der Waals surface area contributed by atoms with E-state index in [1.165, 1.54) is 12.6 Å². The van der Waals surface area contributed by atoms with E-state index in [9.17, 15) is 4.79 Å². The van der Waals surface area contributed by atoms with E-state index in [-0.39, 0.29) is 12.3 Å². The van der Waals surface area contributed by atoms with E-state index in [2.05, 4.69) is 20.1 Å². The standard InChI is InChI=1S/C18H23ClN4O3/c19-15-11-20-10-14(21-15)17-22-18(26-23-17)13-7-4-6-12(9-13)5-2-1-3-8-16(24)25/h10-13H,1-9H2,(H,24,25). The van der Waals surface area contributed by atoms with Crippen LogP contribution in [0.2, 0.25) is 5.15 Å². The van der Waals surface area contributed by atoms with Gasteiger partial charge < -0.3 is 9.63 Å². The van der Waals surface area contributed by atoms with E-state index in [4.69, 9.17) is 21.2 Å². The van der Waals surface area contributed by atoms with Gasteiger partial charge in [0.1, 0.15) is 10.8 Å². The SMILES string of the molecule is O=C(O)CCCCCC1CCCC(c2nc(-c3cncc(Cl)n3)no2)C1. The van der Waals surface area contributed by atoms with Crippen molar-refractivity contribution >= 4 is 17.6 Å². The average molecular weight is 379 g/mol. The Labute approximate surface area is 157 Å². The number of hydrogen-bond acceptors (Lipinski definition) is 6. The lowest BCUT2D eigenvalue weighted by atomic mass is 9.79. The van der Waals surface area contributed by atoms with Crippen LogP contribution in [0.5, 0.6) is 0 Å². The van der Waals surface area contributed by atoms with Crippen molar-refractivity contribution in [1.29, 1.82) is 0 Å². The van der Waals surface area contributed by atoms with Crippen LogP contribution in [-0.4, -0.2) is 31.2 Å². The zero-order chi connectivity index (χ0) is 18.4. The molecule has 2 aromatic rings. The number of hydrogen-bond donors (Lipinski definition) is 1. The van der Waals surface area contributed by atoms with Crippen LogP contribution in [0.1, 0.15) is 69.6 Å². The van der Waals surface area contributed by atoms with Crippen molar-refractivity contribution in [3.8, 4) is 11.5 Å². The molecule has 8 heteroatoms. The van der Waals surface area contributed by atoms with Gasteiger partial charge in [0, 0.05) is 12.3 Å². The van der Waals surface area contributed by atoms with Crippen LogP contribution >= 0.6 is 11.6 Å². The van der Waals surface area contributed by atoms with Crippen molar-refractivity contribution in [2.75, 3.05) is 0 Å². The lowest BCUT2D eigenvalue weighted by Crippen LogP contribution is -2.14. The quantitative estimate of drug-likeness (QED) is 0.675. The summed E-state index contributed by atoms with van der Waals surface area (Å²) in [7, 11) is 0. The molecule has 0 aliphatic heterocycles. The summed E-state index contributed by atoms with van der Waals surface area (Å²) in [6.45, 7) is 0. The minimum atomic E-state index is -0.709. The Balaban J connectivity index is 1.52. The maximum absolute atomic E-state index is 10.5. The lowest BCUT2D eigenvalue weighted by molar-refractivity contribution is -0.137. The smallest absolute Gasteiger partial charge is 0.303 e. The first-order valence-corrected chi connectivity index (χ1v) is 9.53. The average Bonchev–Trinajstić information content (AvgIpc) is 3.12. The molecule has 0 saturated heterocycles. The Hall–Kier alpha value is -2.02. The number of rotatable bonds is 8. The molecule has 2 heterocycles. The first-order chi connectivity index (χ1) is 12.6. The third-order valence-electron chi connectivity index (χ3n) is 4.91. The molecule has 3 rings (SSSR count). The molecule has 0 amide bonds. The van der Waals surface area contributed by atoms with E-state index >= 15 is 0 Å². The highest BCUT2D eigenvalue weighted by Gasteiger charge is 2.27. The second-order valence-electron chi connectivity index (χ2n) is 6.91. The van der Waals surface area contributed by atoms with Gasteiger partial charge in [-0.05, 0) is 25.2 Å². The van der Waals surface area contributed by atoms with Crippen molar-refractivity contribution < 1.29 is 14.4 Å². The Morgan fingerprint density at radius 3 is 2.92 bits per heavy atom. The highest BCUT2D eigenvalue weighted by molar-refractivity contribution is 6.29. The van der Waals surface area contributed by atoms with Crippen LogP contribution in [-0.2, 0) is 4.79 Å². The number of carboxylic acids is 1. The fraction of sp³-hybridized carbons (Fsp3) is 0.611. The van der Waals surface area contributed by atoms with Crippen LogP contribution < -0.4 is 0 Å². The van der Waals surface area contributed by atoms with E-state index in [0.29, 0.717) is 28.5 Å². The molecule has 1 N–H and O–H groups in total. The Kier molecular flexibility index (Phi) is 6.55. The molecule has 0 radical (unpaired) electrons. The largest absolute Gasteiger partial charge is 0.481 e. The molecule has 1 fully saturated rings. The van der Waals surface area contributed by atoms with Crippen LogP contribution in [0.15, 0.2) is 16.9 Å². The number of unbranched alkanes of at least 4 members (excludes halogenated alkanes) is 2. The number of carbonyl (C=O) groups is 1. The maximum Gasteiger partial charge on any atom is 0.303 e. The minimum Gasteiger partial charge on any atom is -0.481 e. The van der Waals surface area contributed by atoms with E-state index in [1.807, 2.05) is 0 Å². The molecule has 26 heavy (non-hydrogen) atoms. The Bertz CT molecular complexity index is 737. The van der Waals surface area contributed by atoms with Crippen molar-refractivity contribution in [1.82, 2.24) is 20.1 Å². The summed E-state index contributed by atoms with van der Waals surface area (Å²) in [5.74, 6) is 1.29. The van der Waals surface area contributed by atoms with E-state index < -0.39 is 5.97 Å². The molecule has 2 unspecified atom stereocenters. The summed E-state index contributed by atoms with van der Waals surface area (Å²) in [6.07, 6.45) is 11.7. The number of aromatic nitrogens is 4. The predicted octanol–water partition coefficient (Wildman–Crippen LogP) is 4.49. The molecule has 0 spiro atoms. The van der Waals surface area contributed by atoms with E-state index in [0.717, 1.165) is 44.9 Å². The summed E-state index contributed by atoms with van der Waals surface area (Å²) >= 11 is 5.87. The lowest BCUT2D eigenvalue weighted by Gasteiger charge is -2.26. The van der Waals surface area contributed by atoms with Gasteiger partial charge in [-0.25, -0.2) is 4.98 Å². The summed E-state index contributed by atoms with van der Waals surface area (Å²) in [4.78, 5) is 23.2. The van der Waals surface area contributed by atoms with Gasteiger partial charge in [-0.15, -0.1) is 0 Å². The van der Waals surface area contributed by atoms with Crippen molar-refractivity contribution in [3.05, 3.63) is 23.4 Å². The number of nitrogens with zero attached hydrogens (tertiary/aromatic N) is 4.